The van der Waals surface area contributed by atoms with Crippen LogP contribution in [0.2, 0.25) is 0 Å². The van der Waals surface area contributed by atoms with Crippen molar-refractivity contribution in [1.29, 1.82) is 0 Å². The van der Waals surface area contributed by atoms with Crippen LogP contribution in [-0.4, -0.2) is 19.9 Å². The Bertz CT molecular complexity index is 1490. The number of aromatic amines is 2. The summed E-state index contributed by atoms with van der Waals surface area (Å²) in [4.78, 5) is 16.5. The molecule has 0 saturated heterocycles. The normalized spacial score (nSPS) is 12.0. The van der Waals surface area contributed by atoms with Gasteiger partial charge in [-0.05, 0) is 72.3 Å². The van der Waals surface area contributed by atoms with E-state index in [1.54, 1.807) is 0 Å². The van der Waals surface area contributed by atoms with Crippen LogP contribution in [0.1, 0.15) is 22.8 Å². The molecule has 31 heavy (non-hydrogen) atoms. The van der Waals surface area contributed by atoms with E-state index < -0.39 is 0 Å². The molecule has 4 aromatic rings. The third-order valence-corrected chi connectivity index (χ3v) is 5.25. The number of H-pyrrole nitrogens is 2. The molecular formula is C26H18AuN4. The predicted octanol–water partition coefficient (Wildman–Crippen LogP) is 6.32. The summed E-state index contributed by atoms with van der Waals surface area (Å²) in [5, 5.41) is 0. The predicted molar refractivity (Wildman–Crippen MR) is 124 cm³/mol. The van der Waals surface area contributed by atoms with Crippen LogP contribution in [0.25, 0.3) is 57.5 Å². The zero-order valence-corrected chi connectivity index (χ0v) is 18.6. The maximum atomic E-state index is 4.77. The number of fused-ring (bicyclic) bond motifs is 8. The average molecular weight is 583 g/mol. The fourth-order valence-electron chi connectivity index (χ4n) is 3.87. The topological polar surface area (TPSA) is 57.4 Å². The van der Waals surface area contributed by atoms with Crippen LogP contribution >= 0.6 is 0 Å². The van der Waals surface area contributed by atoms with Gasteiger partial charge in [0.2, 0.25) is 0 Å². The molecule has 1 aromatic carbocycles. The van der Waals surface area contributed by atoms with Crippen molar-refractivity contribution in [2.45, 2.75) is 0 Å². The van der Waals surface area contributed by atoms with Gasteiger partial charge in [0.15, 0.2) is 0 Å². The molecule has 0 atom stereocenters. The maximum absolute atomic E-state index is 4.77. The molecule has 6 rings (SSSR count). The van der Waals surface area contributed by atoms with Gasteiger partial charge in [0.05, 0.1) is 22.8 Å². The van der Waals surface area contributed by atoms with E-state index in [0.29, 0.717) is 0 Å². The van der Waals surface area contributed by atoms with E-state index in [2.05, 4.69) is 70.6 Å². The summed E-state index contributed by atoms with van der Waals surface area (Å²) in [5.41, 5.74) is 10.1. The zero-order valence-electron chi connectivity index (χ0n) is 16.4. The van der Waals surface area contributed by atoms with Gasteiger partial charge in [-0.2, -0.15) is 0 Å². The Morgan fingerprint density at radius 1 is 0.516 bits per heavy atom. The van der Waals surface area contributed by atoms with Crippen LogP contribution < -0.4 is 0 Å². The van der Waals surface area contributed by atoms with E-state index in [1.165, 1.54) is 5.56 Å². The third-order valence-electron chi connectivity index (χ3n) is 5.25. The molecule has 2 N–H and O–H groups in total. The molecule has 5 heterocycles. The Morgan fingerprint density at radius 3 is 1.68 bits per heavy atom. The van der Waals surface area contributed by atoms with Crippen molar-refractivity contribution in [2.75, 3.05) is 0 Å². The number of rotatable bonds is 1. The van der Waals surface area contributed by atoms with Crippen LogP contribution in [0.3, 0.4) is 0 Å². The molecule has 0 fully saturated rings. The van der Waals surface area contributed by atoms with Gasteiger partial charge < -0.3 is 9.97 Å². The van der Waals surface area contributed by atoms with Gasteiger partial charge in [-0.3, -0.25) is 0 Å². The fraction of sp³-hybridized carbons (Fsp3) is 0. The Labute approximate surface area is 194 Å². The van der Waals surface area contributed by atoms with Gasteiger partial charge in [0, 0.05) is 50.0 Å². The number of aromatic nitrogens is 4. The van der Waals surface area contributed by atoms with Crippen LogP contribution in [-0.2, 0) is 22.4 Å². The Balaban J connectivity index is 0.00000204. The molecular weight excluding hydrogens is 565 g/mol. The van der Waals surface area contributed by atoms with E-state index in [0.717, 1.165) is 50.4 Å². The fourth-order valence-corrected chi connectivity index (χ4v) is 3.87. The number of benzene rings is 1. The van der Waals surface area contributed by atoms with E-state index in [-0.39, 0.29) is 22.4 Å². The van der Waals surface area contributed by atoms with Gasteiger partial charge in [-0.1, -0.05) is 30.3 Å². The molecule has 153 valence electrons. The maximum Gasteiger partial charge on any atom is 0.0658 e. The number of nitrogens with zero attached hydrogens (tertiary/aromatic N) is 2. The second-order valence-corrected chi connectivity index (χ2v) is 7.45. The molecule has 0 amide bonds. The zero-order chi connectivity index (χ0) is 19.9. The van der Waals surface area contributed by atoms with Crippen molar-refractivity contribution in [3.8, 4) is 11.1 Å². The minimum absolute atomic E-state index is 0. The molecule has 4 nitrogen and oxygen atoms in total. The molecule has 2 aliphatic heterocycles. The molecule has 8 bridgehead atoms. The van der Waals surface area contributed by atoms with Gasteiger partial charge in [-0.15, -0.1) is 0 Å². The number of hydrogen-bond acceptors (Lipinski definition) is 2. The van der Waals surface area contributed by atoms with Crippen LogP contribution in [0.5, 0.6) is 0 Å². The number of hydrogen-bond donors (Lipinski definition) is 2. The van der Waals surface area contributed by atoms with E-state index in [9.17, 15) is 0 Å². The second kappa shape index (κ2) is 8.00. The van der Waals surface area contributed by atoms with Crippen molar-refractivity contribution < 1.29 is 22.4 Å². The van der Waals surface area contributed by atoms with E-state index >= 15 is 0 Å². The number of nitrogens with one attached hydrogen (secondary N) is 2. The van der Waals surface area contributed by atoms with Gasteiger partial charge in [0.1, 0.15) is 0 Å². The minimum atomic E-state index is 0. The van der Waals surface area contributed by atoms with Gasteiger partial charge in [-0.25, -0.2) is 9.97 Å². The summed E-state index contributed by atoms with van der Waals surface area (Å²) in [6.07, 6.45) is 8.16. The molecule has 0 saturated carbocycles. The van der Waals surface area contributed by atoms with Crippen molar-refractivity contribution >= 4 is 46.4 Å². The summed E-state index contributed by atoms with van der Waals surface area (Å²) in [5.74, 6) is 0. The summed E-state index contributed by atoms with van der Waals surface area (Å²) >= 11 is 0. The first-order valence-corrected chi connectivity index (χ1v) is 9.92. The Hall–Kier alpha value is -3.44. The molecule has 3 aromatic heterocycles. The molecule has 1 radical (unpaired) electrons. The van der Waals surface area contributed by atoms with E-state index in [4.69, 9.17) is 9.97 Å². The first-order valence-electron chi connectivity index (χ1n) is 9.92. The smallest absolute Gasteiger partial charge is 0.0658 e. The summed E-state index contributed by atoms with van der Waals surface area (Å²) < 4.78 is 0. The third kappa shape index (κ3) is 3.97. The molecule has 5 heteroatoms. The SMILES string of the molecule is C1=Cc2cc3cc(-c4ccccc4)c(cc4nc(cc5ccc(cc1n2)[nH]5)C=C4)[nH]3.[Au]. The molecule has 0 aliphatic carbocycles. The standard InChI is InChI=1S/C26H18N4.Au/c1-2-4-17(5-3-1)25-15-24-14-22-9-8-20(28-22)12-18-6-7-19(27-18)13-21-10-11-23(29-21)16-26(25)30-24;/h1-16,27,30H;. The Kier molecular flexibility index (Phi) is 5.04. The summed E-state index contributed by atoms with van der Waals surface area (Å²) in [7, 11) is 0. The monoisotopic (exact) mass is 583 g/mol. The molecule has 2 aliphatic rings. The van der Waals surface area contributed by atoms with Gasteiger partial charge >= 0.3 is 0 Å². The van der Waals surface area contributed by atoms with Gasteiger partial charge in [0.25, 0.3) is 0 Å². The quantitative estimate of drug-likeness (QED) is 0.223. The van der Waals surface area contributed by atoms with Crippen LogP contribution in [0, 0.1) is 0 Å². The molecule has 0 spiro atoms. The largest absolute Gasteiger partial charge is 0.355 e. The van der Waals surface area contributed by atoms with Crippen LogP contribution in [0.15, 0.2) is 72.8 Å². The van der Waals surface area contributed by atoms with Crippen molar-refractivity contribution in [3.63, 3.8) is 0 Å². The summed E-state index contributed by atoms with van der Waals surface area (Å²) in [6, 6.07) is 25.0. The summed E-state index contributed by atoms with van der Waals surface area (Å²) in [6.45, 7) is 0. The molecule has 0 unspecified atom stereocenters. The van der Waals surface area contributed by atoms with E-state index in [1.807, 2.05) is 36.4 Å². The first-order chi connectivity index (χ1) is 14.8. The minimum Gasteiger partial charge on any atom is -0.355 e. The van der Waals surface area contributed by atoms with Crippen LogP contribution in [0.4, 0.5) is 0 Å². The average Bonchev–Trinajstić information content (AvgIpc) is 3.53. The van der Waals surface area contributed by atoms with Crippen molar-refractivity contribution in [1.82, 2.24) is 19.9 Å². The first kappa shape index (κ1) is 19.5. The van der Waals surface area contributed by atoms with Crippen molar-refractivity contribution in [3.05, 3.63) is 95.6 Å². The Morgan fingerprint density at radius 2 is 1.06 bits per heavy atom. The second-order valence-electron chi connectivity index (χ2n) is 7.45. The van der Waals surface area contributed by atoms with Crippen molar-refractivity contribution in [2.24, 2.45) is 0 Å².